The molecule has 0 aliphatic rings. The molecule has 3 aromatic carbocycles. The van der Waals surface area contributed by atoms with Crippen LogP contribution in [0.15, 0.2) is 71.8 Å². The van der Waals surface area contributed by atoms with Crippen LogP contribution in [0.25, 0.3) is 22.0 Å². The third kappa shape index (κ3) is 3.76. The van der Waals surface area contributed by atoms with Crippen molar-refractivity contribution in [2.45, 2.75) is 0 Å². The maximum Gasteiger partial charge on any atom is 0.289 e. The largest absolute Gasteiger partial charge is 0.289 e. The molecule has 0 aliphatic heterocycles. The molecular formula is C21H14Cl2N4O. The van der Waals surface area contributed by atoms with Gasteiger partial charge in [-0.2, -0.15) is 10.2 Å². The lowest BCUT2D eigenvalue weighted by molar-refractivity contribution is 0.0950. The fourth-order valence-corrected chi connectivity index (χ4v) is 3.36. The summed E-state index contributed by atoms with van der Waals surface area (Å²) in [5.41, 5.74) is 4.92. The van der Waals surface area contributed by atoms with E-state index in [1.165, 1.54) is 0 Å². The lowest BCUT2D eigenvalue weighted by Crippen LogP contribution is -2.18. The van der Waals surface area contributed by atoms with E-state index in [1.807, 2.05) is 42.5 Å². The van der Waals surface area contributed by atoms with Crippen molar-refractivity contribution < 1.29 is 4.79 Å². The Bertz CT molecular complexity index is 1190. The second-order valence-corrected chi connectivity index (χ2v) is 6.90. The van der Waals surface area contributed by atoms with E-state index in [0.29, 0.717) is 21.3 Å². The Morgan fingerprint density at radius 1 is 1.04 bits per heavy atom. The van der Waals surface area contributed by atoms with E-state index < -0.39 is 5.91 Å². The quantitative estimate of drug-likeness (QED) is 0.355. The number of aromatic nitrogens is 2. The minimum Gasteiger partial charge on any atom is -0.272 e. The Kier molecular flexibility index (Phi) is 5.10. The zero-order valence-corrected chi connectivity index (χ0v) is 16.0. The van der Waals surface area contributed by atoms with Gasteiger partial charge in [-0.15, -0.1) is 0 Å². The van der Waals surface area contributed by atoms with Crippen molar-refractivity contribution in [3.05, 3.63) is 88.0 Å². The van der Waals surface area contributed by atoms with Crippen molar-refractivity contribution in [1.82, 2.24) is 15.6 Å². The Morgan fingerprint density at radius 2 is 1.86 bits per heavy atom. The first kappa shape index (κ1) is 18.2. The normalized spacial score (nSPS) is 11.2. The van der Waals surface area contributed by atoms with Gasteiger partial charge < -0.3 is 0 Å². The summed E-state index contributed by atoms with van der Waals surface area (Å²) >= 11 is 12.1. The standard InChI is InChI=1S/C21H14Cl2N4O/c22-15-8-9-17(18(23)10-15)19-11-20(26-25-19)21(28)27-24-12-14-6-3-5-13-4-1-2-7-16(13)14/h1-12H,(H,25,26)(H,27,28). The molecule has 4 rings (SSSR count). The molecule has 0 saturated heterocycles. The molecular weight excluding hydrogens is 395 g/mol. The average molecular weight is 409 g/mol. The molecule has 0 aliphatic carbocycles. The van der Waals surface area contributed by atoms with Crippen molar-refractivity contribution in [3.63, 3.8) is 0 Å². The number of rotatable bonds is 4. The number of H-pyrrole nitrogens is 1. The summed E-state index contributed by atoms with van der Waals surface area (Å²) in [7, 11) is 0. The van der Waals surface area contributed by atoms with Gasteiger partial charge in [0.1, 0.15) is 5.69 Å². The van der Waals surface area contributed by atoms with Crippen molar-refractivity contribution in [2.24, 2.45) is 5.10 Å². The molecule has 5 nitrogen and oxygen atoms in total. The van der Waals surface area contributed by atoms with Gasteiger partial charge in [0.25, 0.3) is 5.91 Å². The van der Waals surface area contributed by atoms with Gasteiger partial charge in [-0.05, 0) is 35.0 Å². The zero-order valence-electron chi connectivity index (χ0n) is 14.5. The lowest BCUT2D eigenvalue weighted by Gasteiger charge is -2.01. The van der Waals surface area contributed by atoms with Crippen LogP contribution >= 0.6 is 23.2 Å². The van der Waals surface area contributed by atoms with E-state index in [0.717, 1.165) is 16.3 Å². The number of amides is 1. The number of nitrogens with one attached hydrogen (secondary N) is 2. The molecule has 0 fully saturated rings. The van der Waals surface area contributed by atoms with Crippen LogP contribution in [-0.2, 0) is 0 Å². The molecule has 138 valence electrons. The summed E-state index contributed by atoms with van der Waals surface area (Å²) in [6, 6.07) is 20.6. The van der Waals surface area contributed by atoms with Crippen LogP contribution in [0, 0.1) is 0 Å². The summed E-state index contributed by atoms with van der Waals surface area (Å²) in [5, 5.41) is 14.1. The summed E-state index contributed by atoms with van der Waals surface area (Å²) in [6.45, 7) is 0. The van der Waals surface area contributed by atoms with Crippen LogP contribution in [0.3, 0.4) is 0 Å². The predicted octanol–water partition coefficient (Wildman–Crippen LogP) is 5.30. The van der Waals surface area contributed by atoms with Gasteiger partial charge in [0.2, 0.25) is 0 Å². The monoisotopic (exact) mass is 408 g/mol. The summed E-state index contributed by atoms with van der Waals surface area (Å²) in [5.74, 6) is -0.402. The smallest absolute Gasteiger partial charge is 0.272 e. The zero-order chi connectivity index (χ0) is 19.5. The van der Waals surface area contributed by atoms with Crippen LogP contribution in [0.2, 0.25) is 10.0 Å². The number of fused-ring (bicyclic) bond motifs is 1. The molecule has 1 amide bonds. The number of aromatic amines is 1. The van der Waals surface area contributed by atoms with Gasteiger partial charge in [-0.3, -0.25) is 9.89 Å². The molecule has 2 N–H and O–H groups in total. The van der Waals surface area contributed by atoms with Crippen molar-refractivity contribution >= 4 is 46.1 Å². The first-order chi connectivity index (χ1) is 13.6. The fraction of sp³-hybridized carbons (Fsp3) is 0. The number of halogens is 2. The third-order valence-corrected chi connectivity index (χ3v) is 4.77. The van der Waals surface area contributed by atoms with Crippen LogP contribution in [-0.4, -0.2) is 22.3 Å². The average Bonchev–Trinajstić information content (AvgIpc) is 3.18. The van der Waals surface area contributed by atoms with Crippen LogP contribution in [0.1, 0.15) is 16.1 Å². The van der Waals surface area contributed by atoms with Crippen molar-refractivity contribution in [2.75, 3.05) is 0 Å². The number of carbonyl (C=O) groups is 1. The Morgan fingerprint density at radius 3 is 2.71 bits per heavy atom. The van der Waals surface area contributed by atoms with Gasteiger partial charge in [0, 0.05) is 16.1 Å². The molecule has 28 heavy (non-hydrogen) atoms. The van der Waals surface area contributed by atoms with E-state index in [-0.39, 0.29) is 5.69 Å². The van der Waals surface area contributed by atoms with E-state index in [1.54, 1.807) is 30.5 Å². The Hall–Kier alpha value is -3.15. The van der Waals surface area contributed by atoms with Crippen molar-refractivity contribution in [3.8, 4) is 11.3 Å². The first-order valence-corrected chi connectivity index (χ1v) is 9.19. The molecule has 0 unspecified atom stereocenters. The molecule has 0 atom stereocenters. The lowest BCUT2D eigenvalue weighted by atomic mass is 10.1. The van der Waals surface area contributed by atoms with Crippen LogP contribution < -0.4 is 5.43 Å². The highest BCUT2D eigenvalue weighted by Gasteiger charge is 2.12. The minimum absolute atomic E-state index is 0.274. The Labute approximate surface area is 171 Å². The number of benzene rings is 3. The number of hydrogen-bond donors (Lipinski definition) is 2. The number of carbonyl (C=O) groups excluding carboxylic acids is 1. The minimum atomic E-state index is -0.402. The number of hydrogen-bond acceptors (Lipinski definition) is 3. The summed E-state index contributed by atoms with van der Waals surface area (Å²) < 4.78 is 0. The van der Waals surface area contributed by atoms with E-state index >= 15 is 0 Å². The SMILES string of the molecule is O=C(NN=Cc1cccc2ccccc12)c1cc(-c2ccc(Cl)cc2Cl)n[nH]1. The van der Waals surface area contributed by atoms with E-state index in [9.17, 15) is 4.79 Å². The predicted molar refractivity (Wildman–Crippen MR) is 113 cm³/mol. The maximum absolute atomic E-state index is 12.3. The van der Waals surface area contributed by atoms with Gasteiger partial charge in [-0.25, -0.2) is 5.43 Å². The van der Waals surface area contributed by atoms with E-state index in [4.69, 9.17) is 23.2 Å². The third-order valence-electron chi connectivity index (χ3n) is 4.22. The van der Waals surface area contributed by atoms with Crippen LogP contribution in [0.5, 0.6) is 0 Å². The second kappa shape index (κ2) is 7.84. The Balaban J connectivity index is 1.50. The summed E-state index contributed by atoms with van der Waals surface area (Å²) in [4.78, 5) is 12.3. The molecule has 1 heterocycles. The fourth-order valence-electron chi connectivity index (χ4n) is 2.86. The van der Waals surface area contributed by atoms with Gasteiger partial charge >= 0.3 is 0 Å². The summed E-state index contributed by atoms with van der Waals surface area (Å²) in [6.07, 6.45) is 1.62. The van der Waals surface area contributed by atoms with Gasteiger partial charge in [0.05, 0.1) is 16.9 Å². The molecule has 0 radical (unpaired) electrons. The first-order valence-electron chi connectivity index (χ1n) is 8.44. The molecule has 1 aromatic heterocycles. The van der Waals surface area contributed by atoms with Crippen molar-refractivity contribution in [1.29, 1.82) is 0 Å². The maximum atomic E-state index is 12.3. The molecule has 0 spiro atoms. The highest BCUT2D eigenvalue weighted by atomic mass is 35.5. The molecule has 0 saturated carbocycles. The van der Waals surface area contributed by atoms with Crippen LogP contribution in [0.4, 0.5) is 0 Å². The second-order valence-electron chi connectivity index (χ2n) is 6.06. The molecule has 7 heteroatoms. The topological polar surface area (TPSA) is 70.1 Å². The number of nitrogens with zero attached hydrogens (tertiary/aromatic N) is 2. The highest BCUT2D eigenvalue weighted by molar-refractivity contribution is 6.36. The number of hydrazone groups is 1. The highest BCUT2D eigenvalue weighted by Crippen LogP contribution is 2.29. The molecule has 0 bridgehead atoms. The van der Waals surface area contributed by atoms with Gasteiger partial charge in [-0.1, -0.05) is 65.7 Å². The van der Waals surface area contributed by atoms with E-state index in [2.05, 4.69) is 20.7 Å². The molecule has 4 aromatic rings. The van der Waals surface area contributed by atoms with Gasteiger partial charge in [0.15, 0.2) is 0 Å².